The normalized spacial score (nSPS) is 17.5. The summed E-state index contributed by atoms with van der Waals surface area (Å²) in [6, 6.07) is 12.3. The van der Waals surface area contributed by atoms with Gasteiger partial charge in [0.1, 0.15) is 5.75 Å². The minimum atomic E-state index is 0.0614. The molecule has 2 heterocycles. The lowest BCUT2D eigenvalue weighted by atomic mass is 10.1. The lowest BCUT2D eigenvalue weighted by Crippen LogP contribution is -2.37. The number of carbonyl (C=O) groups is 1. The maximum absolute atomic E-state index is 13.1. The number of amides is 1. The van der Waals surface area contributed by atoms with Gasteiger partial charge in [-0.05, 0) is 59.9 Å². The summed E-state index contributed by atoms with van der Waals surface area (Å²) in [6.07, 6.45) is 9.07. The van der Waals surface area contributed by atoms with Crippen LogP contribution < -0.4 is 14.2 Å². The Balaban J connectivity index is 1.34. The Hall–Kier alpha value is -2.95. The van der Waals surface area contributed by atoms with Crippen LogP contribution in [0.1, 0.15) is 42.4 Å². The van der Waals surface area contributed by atoms with Gasteiger partial charge in [0, 0.05) is 25.1 Å². The Bertz CT molecular complexity index is 946. The lowest BCUT2D eigenvalue weighted by molar-refractivity contribution is -0.128. The topological polar surface area (TPSA) is 48.0 Å². The van der Waals surface area contributed by atoms with Crippen molar-refractivity contribution in [1.29, 1.82) is 0 Å². The fourth-order valence-corrected chi connectivity index (χ4v) is 4.41. The minimum absolute atomic E-state index is 0.0614. The number of rotatable bonds is 5. The molecule has 1 amide bonds. The van der Waals surface area contributed by atoms with Gasteiger partial charge in [0.2, 0.25) is 12.7 Å². The van der Waals surface area contributed by atoms with Crippen LogP contribution in [0.4, 0.5) is 0 Å². The molecule has 0 saturated heterocycles. The highest BCUT2D eigenvalue weighted by molar-refractivity contribution is 5.92. The highest BCUT2D eigenvalue weighted by Gasteiger charge is 2.26. The summed E-state index contributed by atoms with van der Waals surface area (Å²) in [4.78, 5) is 15.1. The number of hydrogen-bond donors (Lipinski definition) is 0. The standard InChI is InChI=1S/C24H25NO4/c26-24(10-7-17-5-8-21-19(13-17)11-12-27-21)25(20-3-1-2-4-20)15-18-6-9-22-23(14-18)29-16-28-22/h5-10,13-14,20H,1-4,11-12,15-16H2/b10-7+. The molecule has 2 aromatic rings. The Morgan fingerprint density at radius 1 is 1.00 bits per heavy atom. The highest BCUT2D eigenvalue weighted by atomic mass is 16.7. The maximum Gasteiger partial charge on any atom is 0.247 e. The van der Waals surface area contributed by atoms with E-state index in [0.717, 1.165) is 54.2 Å². The third kappa shape index (κ3) is 3.82. The van der Waals surface area contributed by atoms with Gasteiger partial charge in [0.05, 0.1) is 6.61 Å². The number of hydrogen-bond acceptors (Lipinski definition) is 4. The summed E-state index contributed by atoms with van der Waals surface area (Å²) in [5, 5.41) is 0. The van der Waals surface area contributed by atoms with E-state index < -0.39 is 0 Å². The number of carbonyl (C=O) groups excluding carboxylic acids is 1. The summed E-state index contributed by atoms with van der Waals surface area (Å²) in [7, 11) is 0. The average Bonchev–Trinajstić information content (AvgIpc) is 3.50. The zero-order valence-electron chi connectivity index (χ0n) is 16.4. The quantitative estimate of drug-likeness (QED) is 0.712. The molecule has 5 nitrogen and oxygen atoms in total. The molecule has 0 unspecified atom stereocenters. The third-order valence-corrected chi connectivity index (χ3v) is 5.97. The number of nitrogens with zero attached hydrogens (tertiary/aromatic N) is 1. The van der Waals surface area contributed by atoms with Crippen molar-refractivity contribution < 1.29 is 19.0 Å². The SMILES string of the molecule is O=C(/C=C/c1ccc2c(c1)CCO2)N(Cc1ccc2c(c1)OCO2)C1CCCC1. The van der Waals surface area contributed by atoms with E-state index in [4.69, 9.17) is 14.2 Å². The molecule has 1 saturated carbocycles. The zero-order valence-corrected chi connectivity index (χ0v) is 16.4. The Labute approximate surface area is 170 Å². The van der Waals surface area contributed by atoms with Crippen molar-refractivity contribution in [3.05, 3.63) is 59.2 Å². The fraction of sp³-hybridized carbons (Fsp3) is 0.375. The van der Waals surface area contributed by atoms with Gasteiger partial charge in [0.25, 0.3) is 0 Å². The van der Waals surface area contributed by atoms with E-state index in [1.54, 1.807) is 6.08 Å². The van der Waals surface area contributed by atoms with E-state index in [-0.39, 0.29) is 12.7 Å². The summed E-state index contributed by atoms with van der Waals surface area (Å²) >= 11 is 0. The predicted molar refractivity (Wildman–Crippen MR) is 110 cm³/mol. The summed E-state index contributed by atoms with van der Waals surface area (Å²) in [5.74, 6) is 2.56. The van der Waals surface area contributed by atoms with E-state index in [1.807, 2.05) is 41.3 Å². The van der Waals surface area contributed by atoms with E-state index in [2.05, 4.69) is 6.07 Å². The van der Waals surface area contributed by atoms with Crippen molar-refractivity contribution in [2.24, 2.45) is 0 Å². The second-order valence-corrected chi connectivity index (χ2v) is 7.89. The van der Waals surface area contributed by atoms with Crippen molar-refractivity contribution >= 4 is 12.0 Å². The van der Waals surface area contributed by atoms with Gasteiger partial charge >= 0.3 is 0 Å². The molecule has 150 valence electrons. The molecular weight excluding hydrogens is 366 g/mol. The first-order valence-electron chi connectivity index (χ1n) is 10.4. The fourth-order valence-electron chi connectivity index (χ4n) is 4.41. The van der Waals surface area contributed by atoms with E-state index in [0.29, 0.717) is 12.6 Å². The number of benzene rings is 2. The molecular formula is C24H25NO4. The van der Waals surface area contributed by atoms with Crippen LogP contribution in [-0.2, 0) is 17.8 Å². The van der Waals surface area contributed by atoms with Crippen LogP contribution in [0, 0.1) is 0 Å². The molecule has 0 radical (unpaired) electrons. The maximum atomic E-state index is 13.1. The molecule has 0 N–H and O–H groups in total. The zero-order chi connectivity index (χ0) is 19.6. The number of ether oxygens (including phenoxy) is 3. The van der Waals surface area contributed by atoms with Crippen LogP contribution in [0.25, 0.3) is 6.08 Å². The first kappa shape index (κ1) is 18.1. The molecule has 0 atom stereocenters. The van der Waals surface area contributed by atoms with Crippen LogP contribution in [0.3, 0.4) is 0 Å². The van der Waals surface area contributed by atoms with Gasteiger partial charge in [-0.15, -0.1) is 0 Å². The molecule has 1 fully saturated rings. The van der Waals surface area contributed by atoms with Crippen LogP contribution in [0.2, 0.25) is 0 Å². The van der Waals surface area contributed by atoms with Crippen LogP contribution in [0.15, 0.2) is 42.5 Å². The molecule has 0 aromatic heterocycles. The molecule has 5 rings (SSSR count). The Morgan fingerprint density at radius 2 is 1.83 bits per heavy atom. The molecule has 5 heteroatoms. The minimum Gasteiger partial charge on any atom is -0.493 e. The van der Waals surface area contributed by atoms with E-state index >= 15 is 0 Å². The third-order valence-electron chi connectivity index (χ3n) is 5.97. The average molecular weight is 391 g/mol. The smallest absolute Gasteiger partial charge is 0.247 e. The lowest BCUT2D eigenvalue weighted by Gasteiger charge is -2.28. The molecule has 29 heavy (non-hydrogen) atoms. The van der Waals surface area contributed by atoms with Gasteiger partial charge in [-0.3, -0.25) is 4.79 Å². The Morgan fingerprint density at radius 3 is 2.72 bits per heavy atom. The van der Waals surface area contributed by atoms with E-state index in [9.17, 15) is 4.79 Å². The predicted octanol–water partition coefficient (Wildman–Crippen LogP) is 4.33. The van der Waals surface area contributed by atoms with Crippen molar-refractivity contribution in [1.82, 2.24) is 4.90 Å². The van der Waals surface area contributed by atoms with Gasteiger partial charge in [-0.1, -0.05) is 25.0 Å². The van der Waals surface area contributed by atoms with Gasteiger partial charge in [-0.25, -0.2) is 0 Å². The molecule has 1 aliphatic carbocycles. The van der Waals surface area contributed by atoms with Crippen molar-refractivity contribution in [2.45, 2.75) is 44.7 Å². The summed E-state index contributed by atoms with van der Waals surface area (Å²) < 4.78 is 16.5. The summed E-state index contributed by atoms with van der Waals surface area (Å²) in [6.45, 7) is 1.59. The summed E-state index contributed by atoms with van der Waals surface area (Å²) in [5.41, 5.74) is 3.32. The molecule has 2 aliphatic heterocycles. The second kappa shape index (κ2) is 7.82. The Kier molecular flexibility index (Phi) is 4.88. The first-order chi connectivity index (χ1) is 14.3. The molecule has 0 spiro atoms. The van der Waals surface area contributed by atoms with Gasteiger partial charge < -0.3 is 19.1 Å². The van der Waals surface area contributed by atoms with Gasteiger partial charge in [0.15, 0.2) is 11.5 Å². The van der Waals surface area contributed by atoms with Gasteiger partial charge in [-0.2, -0.15) is 0 Å². The molecule has 0 bridgehead atoms. The van der Waals surface area contributed by atoms with E-state index in [1.165, 1.54) is 18.4 Å². The second-order valence-electron chi connectivity index (χ2n) is 7.89. The highest BCUT2D eigenvalue weighted by Crippen LogP contribution is 2.34. The molecule has 2 aromatic carbocycles. The monoisotopic (exact) mass is 391 g/mol. The van der Waals surface area contributed by atoms with Crippen LogP contribution in [-0.4, -0.2) is 30.2 Å². The number of fused-ring (bicyclic) bond motifs is 2. The van der Waals surface area contributed by atoms with Crippen molar-refractivity contribution in [3.63, 3.8) is 0 Å². The largest absolute Gasteiger partial charge is 0.493 e. The first-order valence-corrected chi connectivity index (χ1v) is 10.4. The molecule has 3 aliphatic rings. The van der Waals surface area contributed by atoms with Crippen LogP contribution in [0.5, 0.6) is 17.2 Å². The van der Waals surface area contributed by atoms with Crippen LogP contribution >= 0.6 is 0 Å². The van der Waals surface area contributed by atoms with Crippen molar-refractivity contribution in [2.75, 3.05) is 13.4 Å². The van der Waals surface area contributed by atoms with Crippen molar-refractivity contribution in [3.8, 4) is 17.2 Å².